The number of carbonyl (C=O) groups is 2. The summed E-state index contributed by atoms with van der Waals surface area (Å²) in [5.41, 5.74) is 2.16. The van der Waals surface area contributed by atoms with Gasteiger partial charge < -0.3 is 15.7 Å². The van der Waals surface area contributed by atoms with E-state index in [0.717, 1.165) is 43.6 Å². The molecule has 2 aromatic carbocycles. The second-order valence-electron chi connectivity index (χ2n) is 6.82. The third kappa shape index (κ3) is 5.56. The van der Waals surface area contributed by atoms with E-state index in [1.54, 1.807) is 12.1 Å². The van der Waals surface area contributed by atoms with Crippen LogP contribution >= 0.6 is 0 Å². The Morgan fingerprint density at radius 2 is 1.78 bits per heavy atom. The summed E-state index contributed by atoms with van der Waals surface area (Å²) in [4.78, 5) is 25.5. The van der Waals surface area contributed by atoms with Gasteiger partial charge in [-0.1, -0.05) is 36.8 Å². The monoisotopic (exact) mass is 367 g/mol. The van der Waals surface area contributed by atoms with Crippen LogP contribution in [0.4, 0.5) is 10.5 Å². The lowest BCUT2D eigenvalue weighted by Gasteiger charge is -2.35. The van der Waals surface area contributed by atoms with Crippen LogP contribution in [0.2, 0.25) is 0 Å². The van der Waals surface area contributed by atoms with Gasteiger partial charge in [-0.3, -0.25) is 4.90 Å². The Kier molecular flexibility index (Phi) is 6.44. The van der Waals surface area contributed by atoms with Gasteiger partial charge in [0.25, 0.3) is 0 Å². The van der Waals surface area contributed by atoms with E-state index in [4.69, 9.17) is 5.11 Å². The second-order valence-corrected chi connectivity index (χ2v) is 6.82. The maximum absolute atomic E-state index is 12.1. The maximum Gasteiger partial charge on any atom is 0.335 e. The number of likely N-dealkylation sites (tertiary alicyclic amines) is 1. The smallest absolute Gasteiger partial charge is 0.335 e. The number of carboxylic acid groups (broad SMARTS) is 1. The van der Waals surface area contributed by atoms with Crippen molar-refractivity contribution >= 4 is 17.7 Å². The number of anilines is 1. The average Bonchev–Trinajstić information content (AvgIpc) is 2.68. The summed E-state index contributed by atoms with van der Waals surface area (Å²) in [6, 6.07) is 16.5. The first-order valence-corrected chi connectivity index (χ1v) is 9.28. The van der Waals surface area contributed by atoms with Gasteiger partial charge in [-0.25, -0.2) is 9.59 Å². The quantitative estimate of drug-likeness (QED) is 0.729. The zero-order valence-corrected chi connectivity index (χ0v) is 15.2. The zero-order valence-electron chi connectivity index (χ0n) is 15.2. The Bertz CT molecular complexity index is 762. The van der Waals surface area contributed by atoms with Crippen molar-refractivity contribution in [3.63, 3.8) is 0 Å². The summed E-state index contributed by atoms with van der Waals surface area (Å²) in [6.45, 7) is 2.33. The van der Waals surface area contributed by atoms with Crippen molar-refractivity contribution in [2.75, 3.05) is 18.4 Å². The molecule has 3 rings (SSSR count). The molecule has 0 aromatic heterocycles. The number of aromatic carboxylic acids is 1. The largest absolute Gasteiger partial charge is 0.478 e. The fourth-order valence-electron chi connectivity index (χ4n) is 3.39. The number of hydrogen-bond acceptors (Lipinski definition) is 3. The summed E-state index contributed by atoms with van der Waals surface area (Å²) in [7, 11) is 0. The number of para-hydroxylation sites is 1. The molecule has 3 N–H and O–H groups in total. The average molecular weight is 367 g/mol. The van der Waals surface area contributed by atoms with E-state index in [1.807, 2.05) is 42.5 Å². The highest BCUT2D eigenvalue weighted by Crippen LogP contribution is 2.19. The van der Waals surface area contributed by atoms with Crippen LogP contribution in [-0.4, -0.2) is 41.1 Å². The highest BCUT2D eigenvalue weighted by atomic mass is 16.4. The molecule has 1 aliphatic rings. The minimum Gasteiger partial charge on any atom is -0.478 e. The predicted molar refractivity (Wildman–Crippen MR) is 105 cm³/mol. The summed E-state index contributed by atoms with van der Waals surface area (Å²) in [5, 5.41) is 14.8. The number of carbonyl (C=O) groups excluding carboxylic acids is 1. The molecule has 142 valence electrons. The molecular formula is C21H25N3O3. The van der Waals surface area contributed by atoms with Crippen LogP contribution in [0.3, 0.4) is 0 Å². The molecule has 0 aliphatic carbocycles. The molecule has 6 nitrogen and oxygen atoms in total. The van der Waals surface area contributed by atoms with Gasteiger partial charge in [0.2, 0.25) is 0 Å². The molecule has 27 heavy (non-hydrogen) atoms. The van der Waals surface area contributed by atoms with Crippen molar-refractivity contribution in [2.24, 2.45) is 0 Å². The van der Waals surface area contributed by atoms with Crippen molar-refractivity contribution in [1.29, 1.82) is 0 Å². The lowest BCUT2D eigenvalue weighted by atomic mass is 10.0. The lowest BCUT2D eigenvalue weighted by Crippen LogP contribution is -2.47. The third-order valence-electron chi connectivity index (χ3n) is 4.87. The number of nitrogens with zero attached hydrogens (tertiary/aromatic N) is 1. The molecule has 0 radical (unpaired) electrons. The number of benzene rings is 2. The fraction of sp³-hybridized carbons (Fsp3) is 0.333. The second kappa shape index (κ2) is 9.19. The Labute approximate surface area is 159 Å². The van der Waals surface area contributed by atoms with Gasteiger partial charge in [0.05, 0.1) is 5.56 Å². The van der Waals surface area contributed by atoms with E-state index in [-0.39, 0.29) is 12.1 Å². The van der Waals surface area contributed by atoms with Gasteiger partial charge in [0, 0.05) is 24.8 Å². The van der Waals surface area contributed by atoms with E-state index >= 15 is 0 Å². The van der Waals surface area contributed by atoms with Gasteiger partial charge >= 0.3 is 12.0 Å². The number of hydrogen-bond donors (Lipinski definition) is 3. The Morgan fingerprint density at radius 1 is 1.04 bits per heavy atom. The van der Waals surface area contributed by atoms with Crippen molar-refractivity contribution in [1.82, 2.24) is 10.2 Å². The van der Waals surface area contributed by atoms with Gasteiger partial charge in [-0.2, -0.15) is 0 Å². The normalized spacial score (nSPS) is 17.3. The van der Waals surface area contributed by atoms with Crippen LogP contribution in [0.15, 0.2) is 54.6 Å². The number of amides is 2. The van der Waals surface area contributed by atoms with Crippen LogP contribution in [0, 0.1) is 0 Å². The molecule has 1 saturated heterocycles. The van der Waals surface area contributed by atoms with Crippen LogP contribution in [0.5, 0.6) is 0 Å². The molecule has 0 saturated carbocycles. The topological polar surface area (TPSA) is 81.7 Å². The van der Waals surface area contributed by atoms with Gasteiger partial charge in [0.15, 0.2) is 0 Å². The summed E-state index contributed by atoms with van der Waals surface area (Å²) in [5.74, 6) is -0.911. The number of piperidine rings is 1. The first-order chi connectivity index (χ1) is 13.1. The highest BCUT2D eigenvalue weighted by Gasteiger charge is 2.23. The molecule has 1 unspecified atom stereocenters. The number of carboxylic acids is 1. The number of rotatable bonds is 6. The predicted octanol–water partition coefficient (Wildman–Crippen LogP) is 3.56. The molecule has 2 amide bonds. The SMILES string of the molecule is O=C(NCC1CCCCN1Cc1ccc(C(=O)O)cc1)Nc1ccccc1. The molecule has 2 aromatic rings. The summed E-state index contributed by atoms with van der Waals surface area (Å²) in [6.07, 6.45) is 3.33. The van der Waals surface area contributed by atoms with E-state index in [1.165, 1.54) is 0 Å². The molecular weight excluding hydrogens is 342 g/mol. The number of urea groups is 1. The first kappa shape index (κ1) is 18.9. The van der Waals surface area contributed by atoms with E-state index in [9.17, 15) is 9.59 Å². The molecule has 6 heteroatoms. The highest BCUT2D eigenvalue weighted by molar-refractivity contribution is 5.89. The summed E-state index contributed by atoms with van der Waals surface area (Å²) >= 11 is 0. The zero-order chi connectivity index (χ0) is 19.1. The fourth-order valence-corrected chi connectivity index (χ4v) is 3.39. The van der Waals surface area contributed by atoms with E-state index < -0.39 is 5.97 Å². The van der Waals surface area contributed by atoms with Crippen molar-refractivity contribution < 1.29 is 14.7 Å². The first-order valence-electron chi connectivity index (χ1n) is 9.28. The Hall–Kier alpha value is -2.86. The molecule has 1 heterocycles. The van der Waals surface area contributed by atoms with Crippen LogP contribution in [0.25, 0.3) is 0 Å². The minimum absolute atomic E-state index is 0.197. The lowest BCUT2D eigenvalue weighted by molar-refractivity contribution is 0.0697. The minimum atomic E-state index is -0.911. The molecule has 1 fully saturated rings. The van der Waals surface area contributed by atoms with Gasteiger partial charge in [0.1, 0.15) is 0 Å². The molecule has 1 atom stereocenters. The standard InChI is InChI=1S/C21H25N3O3/c25-20(26)17-11-9-16(10-12-17)15-24-13-5-4-8-19(24)14-22-21(27)23-18-6-2-1-3-7-18/h1-3,6-7,9-12,19H,4-5,8,13-15H2,(H,25,26)(H2,22,23,27). The van der Waals surface area contributed by atoms with Crippen LogP contribution < -0.4 is 10.6 Å². The van der Waals surface area contributed by atoms with Gasteiger partial charge in [-0.15, -0.1) is 0 Å². The van der Waals surface area contributed by atoms with Crippen LogP contribution in [-0.2, 0) is 6.54 Å². The number of nitrogens with one attached hydrogen (secondary N) is 2. The molecule has 0 spiro atoms. The van der Waals surface area contributed by atoms with Crippen molar-refractivity contribution in [2.45, 2.75) is 31.8 Å². The Morgan fingerprint density at radius 3 is 2.48 bits per heavy atom. The van der Waals surface area contributed by atoms with Crippen LogP contribution in [0.1, 0.15) is 35.2 Å². The van der Waals surface area contributed by atoms with Gasteiger partial charge in [-0.05, 0) is 49.2 Å². The molecule has 1 aliphatic heterocycles. The maximum atomic E-state index is 12.1. The third-order valence-corrected chi connectivity index (χ3v) is 4.87. The van der Waals surface area contributed by atoms with E-state index in [0.29, 0.717) is 12.1 Å². The van der Waals surface area contributed by atoms with Crippen molar-refractivity contribution in [3.8, 4) is 0 Å². The Balaban J connectivity index is 1.53. The molecule has 0 bridgehead atoms. The summed E-state index contributed by atoms with van der Waals surface area (Å²) < 4.78 is 0. The van der Waals surface area contributed by atoms with E-state index in [2.05, 4.69) is 15.5 Å². The van der Waals surface area contributed by atoms with Crippen molar-refractivity contribution in [3.05, 3.63) is 65.7 Å².